The molecule has 0 saturated carbocycles. The summed E-state index contributed by atoms with van der Waals surface area (Å²) in [5, 5.41) is 0. The van der Waals surface area contributed by atoms with Gasteiger partial charge in [-0.2, -0.15) is 0 Å². The summed E-state index contributed by atoms with van der Waals surface area (Å²) in [5.41, 5.74) is 13.7. The molecule has 0 saturated heterocycles. The van der Waals surface area contributed by atoms with Crippen LogP contribution < -0.4 is 0 Å². The van der Waals surface area contributed by atoms with Gasteiger partial charge in [0.15, 0.2) is 0 Å². The van der Waals surface area contributed by atoms with E-state index >= 15 is 0 Å². The molecular weight excluding hydrogens is 624 g/mol. The second-order valence-corrected chi connectivity index (χ2v) is 35.0. The van der Waals surface area contributed by atoms with E-state index in [1.54, 1.807) is 44.5 Å². The predicted octanol–water partition coefficient (Wildman–Crippen LogP) is 12.8. The summed E-state index contributed by atoms with van der Waals surface area (Å²) in [7, 11) is 0. The predicted molar refractivity (Wildman–Crippen MR) is 195 cm³/mol. The number of aryl methyl sites for hydroxylation is 2. The third-order valence-electron chi connectivity index (χ3n) is 11.5. The van der Waals surface area contributed by atoms with E-state index in [1.165, 1.54) is 38.5 Å². The molecule has 0 aliphatic heterocycles. The van der Waals surface area contributed by atoms with Crippen LogP contribution in [0.1, 0.15) is 142 Å². The first kappa shape index (κ1) is 35.9. The molecule has 2 aromatic carbocycles. The molecule has 0 bridgehead atoms. The van der Waals surface area contributed by atoms with Crippen molar-refractivity contribution in [1.29, 1.82) is 0 Å². The Morgan fingerprint density at radius 1 is 0.682 bits per heavy atom. The normalized spacial score (nSPS) is 19.4. The molecule has 4 atom stereocenters. The molecule has 2 aliphatic carbocycles. The number of benzene rings is 2. The summed E-state index contributed by atoms with van der Waals surface area (Å²) in [6, 6.07) is 14.8. The zero-order chi connectivity index (χ0) is 32.6. The van der Waals surface area contributed by atoms with Crippen molar-refractivity contribution in [3.05, 3.63) is 80.9 Å². The van der Waals surface area contributed by atoms with Crippen LogP contribution in [-0.4, -0.2) is 5.43 Å². The summed E-state index contributed by atoms with van der Waals surface area (Å²) in [4.78, 5) is 0. The number of hydrogen-bond acceptors (Lipinski definition) is 0. The van der Waals surface area contributed by atoms with Gasteiger partial charge in [-0.15, -0.1) is 0 Å². The fourth-order valence-electron chi connectivity index (χ4n) is 7.61. The minimum absolute atomic E-state index is 0.393. The molecule has 0 spiro atoms. The van der Waals surface area contributed by atoms with Gasteiger partial charge in [0.1, 0.15) is 0 Å². The first-order chi connectivity index (χ1) is 20.5. The fraction of sp³-hybridized carbons (Fsp3) is 0.619. The Bertz CT molecular complexity index is 1420. The number of rotatable bonds is 11. The van der Waals surface area contributed by atoms with E-state index < -0.39 is 25.8 Å². The molecule has 0 radical (unpaired) electrons. The van der Waals surface area contributed by atoms with Crippen molar-refractivity contribution in [3.8, 4) is 0 Å². The van der Waals surface area contributed by atoms with E-state index in [0.29, 0.717) is 16.7 Å². The third kappa shape index (κ3) is 7.93. The van der Waals surface area contributed by atoms with E-state index in [1.807, 2.05) is 0 Å². The van der Waals surface area contributed by atoms with E-state index in [-0.39, 0.29) is 0 Å². The Labute approximate surface area is 280 Å². The zero-order valence-corrected chi connectivity index (χ0v) is 34.2. The number of hydrogen-bond donors (Lipinski definition) is 0. The molecule has 0 N–H and O–H groups in total. The van der Waals surface area contributed by atoms with Crippen molar-refractivity contribution < 1.29 is 20.4 Å². The van der Waals surface area contributed by atoms with E-state index in [4.69, 9.17) is 0 Å². The van der Waals surface area contributed by atoms with Gasteiger partial charge >= 0.3 is 282 Å². The van der Waals surface area contributed by atoms with Gasteiger partial charge in [0.05, 0.1) is 0 Å². The molecule has 0 amide bonds. The molecule has 4 unspecified atom stereocenters. The van der Waals surface area contributed by atoms with Crippen LogP contribution in [0.15, 0.2) is 47.5 Å². The first-order valence-corrected chi connectivity index (χ1v) is 26.8. The Balaban J connectivity index is 1.67. The van der Waals surface area contributed by atoms with Crippen molar-refractivity contribution >= 4 is 17.6 Å². The molecule has 0 fully saturated rings. The molecule has 2 aliphatic rings. The van der Waals surface area contributed by atoms with Gasteiger partial charge in [-0.25, -0.2) is 0 Å². The van der Waals surface area contributed by atoms with Gasteiger partial charge in [0.2, 0.25) is 0 Å². The van der Waals surface area contributed by atoms with E-state index in [9.17, 15) is 0 Å². The van der Waals surface area contributed by atoms with Crippen molar-refractivity contribution in [2.24, 2.45) is 28.6 Å². The summed E-state index contributed by atoms with van der Waals surface area (Å²) in [6.45, 7) is 32.0. The minimum atomic E-state index is -2.06. The van der Waals surface area contributed by atoms with E-state index in [2.05, 4.69) is 138 Å². The van der Waals surface area contributed by atoms with Crippen LogP contribution in [0.3, 0.4) is 0 Å². The zero-order valence-electron chi connectivity index (χ0n) is 30.7. The average Bonchev–Trinajstić information content (AvgIpc) is 3.47. The van der Waals surface area contributed by atoms with Gasteiger partial charge in [-0.05, 0) is 0 Å². The summed E-state index contributed by atoms with van der Waals surface area (Å²) >= 11 is -2.06. The first-order valence-electron chi connectivity index (χ1n) is 17.8. The van der Waals surface area contributed by atoms with Gasteiger partial charge in [-0.3, -0.25) is 0 Å². The third-order valence-corrected chi connectivity index (χ3v) is 31.2. The van der Waals surface area contributed by atoms with Crippen molar-refractivity contribution in [2.75, 3.05) is 0 Å². The average molecular weight is 688 g/mol. The molecule has 0 aromatic heterocycles. The van der Waals surface area contributed by atoms with Gasteiger partial charge in [0, 0.05) is 0 Å². The molecule has 0 heterocycles. The molecule has 4 rings (SSSR count). The van der Waals surface area contributed by atoms with Crippen LogP contribution >= 0.6 is 0 Å². The number of fused-ring (bicyclic) bond motifs is 2. The summed E-state index contributed by atoms with van der Waals surface area (Å²) in [5.74, 6) is 2.12. The van der Waals surface area contributed by atoms with Crippen LogP contribution in [-0.2, 0) is 33.2 Å². The second-order valence-electron chi connectivity index (χ2n) is 17.2. The summed E-state index contributed by atoms with van der Waals surface area (Å²) < 4.78 is 1.44. The van der Waals surface area contributed by atoms with Crippen LogP contribution in [0.25, 0.3) is 12.2 Å². The maximum atomic E-state index is 2.69. The Kier molecular flexibility index (Phi) is 11.8. The molecule has 240 valence electrons. The molecular formula is C42H64SiZr. The van der Waals surface area contributed by atoms with Crippen LogP contribution in [0, 0.1) is 28.6 Å². The van der Waals surface area contributed by atoms with Crippen LogP contribution in [0.5, 0.6) is 0 Å². The summed E-state index contributed by atoms with van der Waals surface area (Å²) in [6.07, 6.45) is 13.0. The van der Waals surface area contributed by atoms with Crippen molar-refractivity contribution in [1.82, 2.24) is 0 Å². The van der Waals surface area contributed by atoms with Gasteiger partial charge in [0.25, 0.3) is 0 Å². The quantitative estimate of drug-likeness (QED) is 0.206. The Morgan fingerprint density at radius 3 is 1.57 bits per heavy atom. The molecule has 2 heteroatoms. The SMILES string of the molecule is CC1=Cc2c(CCCC(C)C(C)(C)C)cccc2[CH]1[Zr]([CH]1C(C(C)C)=Cc2c(CCCC(C)C(C)(C)C)cccc21)=[Si](C)C. The molecule has 44 heavy (non-hydrogen) atoms. The molecule has 2 aromatic rings. The monoisotopic (exact) mass is 686 g/mol. The fourth-order valence-corrected chi connectivity index (χ4v) is 28.5. The Morgan fingerprint density at radius 2 is 1.14 bits per heavy atom. The van der Waals surface area contributed by atoms with Gasteiger partial charge in [-0.1, -0.05) is 0 Å². The number of allylic oxidation sites excluding steroid dienone is 2. The van der Waals surface area contributed by atoms with Crippen molar-refractivity contribution in [3.63, 3.8) is 0 Å². The molecule has 0 nitrogen and oxygen atoms in total. The second kappa shape index (κ2) is 14.4. The topological polar surface area (TPSA) is 0 Å². The van der Waals surface area contributed by atoms with Crippen LogP contribution in [0.4, 0.5) is 0 Å². The maximum absolute atomic E-state index is 2.69. The Hall–Kier alpha value is -0.980. The standard InChI is InChI=1S/C21H31.C19H27.C2H6Si.Zr/c1-15(2)19-13-18-12-8-11-17(20(18)14-19)10-7-9-16(3)21(4,5)6;1-14-12-17-11-7-10-16(18(17)13-14)9-6-8-15(2)19(3,4)5;1-3-2;/h8,11-16H,7,9-10H2,1-6H3;7,10-13,15H,6,8-9H2,1-5H3;1-2H3;. The van der Waals surface area contributed by atoms with Crippen molar-refractivity contribution in [2.45, 2.75) is 135 Å². The van der Waals surface area contributed by atoms with E-state index in [0.717, 1.165) is 19.1 Å². The van der Waals surface area contributed by atoms with Gasteiger partial charge < -0.3 is 0 Å². The van der Waals surface area contributed by atoms with Crippen LogP contribution in [0.2, 0.25) is 13.1 Å².